The van der Waals surface area contributed by atoms with E-state index in [4.69, 9.17) is 11.6 Å². The van der Waals surface area contributed by atoms with Crippen LogP contribution in [0.1, 0.15) is 41.6 Å². The van der Waals surface area contributed by atoms with E-state index in [-0.39, 0.29) is 10.8 Å². The minimum atomic E-state index is -3.85. The summed E-state index contributed by atoms with van der Waals surface area (Å²) in [5, 5.41) is 0.486. The summed E-state index contributed by atoms with van der Waals surface area (Å²) in [7, 11) is -3.85. The highest BCUT2D eigenvalue weighted by Crippen LogP contribution is 2.28. The quantitative estimate of drug-likeness (QED) is 0.634. The van der Waals surface area contributed by atoms with E-state index in [9.17, 15) is 13.2 Å². The van der Waals surface area contributed by atoms with Gasteiger partial charge in [0.15, 0.2) is 0 Å². The lowest BCUT2D eigenvalue weighted by Crippen LogP contribution is -2.32. The van der Waals surface area contributed by atoms with Gasteiger partial charge in [0, 0.05) is 23.0 Å². The Bertz CT molecular complexity index is 1000. The summed E-state index contributed by atoms with van der Waals surface area (Å²) in [4.78, 5) is 15.8. The molecule has 1 N–H and O–H groups in total. The summed E-state index contributed by atoms with van der Waals surface area (Å²) in [6.07, 6.45) is 6.09. The number of hydrogen-bond acceptors (Lipinski definition) is 4. The normalized spacial score (nSPS) is 15.1. The van der Waals surface area contributed by atoms with Gasteiger partial charge in [-0.3, -0.25) is 9.52 Å². The number of amides is 1. The van der Waals surface area contributed by atoms with E-state index in [0.717, 1.165) is 36.1 Å². The molecule has 5 nitrogen and oxygen atoms in total. The predicted octanol–water partition coefficient (Wildman–Crippen LogP) is 5.19. The number of sulfonamides is 1. The first-order chi connectivity index (χ1) is 13.8. The van der Waals surface area contributed by atoms with Crippen LogP contribution in [0.25, 0.3) is 0 Å². The van der Waals surface area contributed by atoms with Gasteiger partial charge in [-0.25, -0.2) is 8.42 Å². The van der Waals surface area contributed by atoms with Crippen LogP contribution in [0.2, 0.25) is 5.02 Å². The third-order valence-electron chi connectivity index (χ3n) is 5.03. The standard InChI is InChI=1S/C21H25ClN2O3S2/c1-15-7-8-16(13-19(15)22)23-29(26,27)17-9-10-20(28-2)18(14-17)21(25)24-11-5-3-4-6-12-24/h7-10,13-14,23H,3-6,11-12H2,1-2H3. The van der Waals surface area contributed by atoms with E-state index in [2.05, 4.69) is 4.72 Å². The van der Waals surface area contributed by atoms with E-state index in [0.29, 0.717) is 29.4 Å². The Balaban J connectivity index is 1.92. The Morgan fingerprint density at radius 2 is 1.76 bits per heavy atom. The molecule has 3 rings (SSSR count). The SMILES string of the molecule is CSc1ccc(S(=O)(=O)Nc2ccc(C)c(Cl)c2)cc1C(=O)N1CCCCCC1. The molecule has 29 heavy (non-hydrogen) atoms. The number of likely N-dealkylation sites (tertiary alicyclic amines) is 1. The molecule has 1 aliphatic heterocycles. The summed E-state index contributed by atoms with van der Waals surface area (Å²) in [6.45, 7) is 3.27. The molecule has 0 aliphatic carbocycles. The lowest BCUT2D eigenvalue weighted by Gasteiger charge is -2.22. The zero-order valence-electron chi connectivity index (χ0n) is 16.6. The van der Waals surface area contributed by atoms with Crippen molar-refractivity contribution in [1.82, 2.24) is 4.90 Å². The molecule has 8 heteroatoms. The molecule has 1 fully saturated rings. The second-order valence-corrected chi connectivity index (χ2v) is 10.1. The Kier molecular flexibility index (Phi) is 7.14. The zero-order chi connectivity index (χ0) is 21.0. The molecule has 0 atom stereocenters. The zero-order valence-corrected chi connectivity index (χ0v) is 19.0. The van der Waals surface area contributed by atoms with Crippen LogP contribution in [0, 0.1) is 6.92 Å². The van der Waals surface area contributed by atoms with Gasteiger partial charge in [0.05, 0.1) is 16.1 Å². The molecule has 0 spiro atoms. The van der Waals surface area contributed by atoms with Crippen molar-refractivity contribution in [3.63, 3.8) is 0 Å². The van der Waals surface area contributed by atoms with Crippen molar-refractivity contribution >= 4 is 45.0 Å². The van der Waals surface area contributed by atoms with Crippen molar-refractivity contribution in [3.05, 3.63) is 52.5 Å². The Morgan fingerprint density at radius 3 is 2.38 bits per heavy atom. The third-order valence-corrected chi connectivity index (χ3v) is 7.61. The maximum atomic E-state index is 13.1. The maximum Gasteiger partial charge on any atom is 0.261 e. The van der Waals surface area contributed by atoms with E-state index in [1.807, 2.05) is 18.1 Å². The molecule has 0 radical (unpaired) electrons. The van der Waals surface area contributed by atoms with Crippen molar-refractivity contribution in [2.24, 2.45) is 0 Å². The molecule has 0 unspecified atom stereocenters. The van der Waals surface area contributed by atoms with Gasteiger partial charge in [-0.2, -0.15) is 0 Å². The van der Waals surface area contributed by atoms with Crippen molar-refractivity contribution in [2.45, 2.75) is 42.4 Å². The number of carbonyl (C=O) groups excluding carboxylic acids is 1. The van der Waals surface area contributed by atoms with Crippen LogP contribution < -0.4 is 4.72 Å². The monoisotopic (exact) mass is 452 g/mol. The van der Waals surface area contributed by atoms with Crippen LogP contribution in [-0.2, 0) is 10.0 Å². The van der Waals surface area contributed by atoms with Gasteiger partial charge in [-0.05, 0) is 61.9 Å². The fourth-order valence-electron chi connectivity index (χ4n) is 3.34. The number of aryl methyl sites for hydroxylation is 1. The number of carbonyl (C=O) groups is 1. The maximum absolute atomic E-state index is 13.1. The van der Waals surface area contributed by atoms with E-state index >= 15 is 0 Å². The number of thioether (sulfide) groups is 1. The summed E-state index contributed by atoms with van der Waals surface area (Å²) in [6, 6.07) is 9.71. The average Bonchev–Trinajstić information content (AvgIpc) is 2.99. The topological polar surface area (TPSA) is 66.5 Å². The van der Waals surface area contributed by atoms with E-state index in [1.54, 1.807) is 24.3 Å². The lowest BCUT2D eigenvalue weighted by atomic mass is 10.2. The number of nitrogens with one attached hydrogen (secondary N) is 1. The molecule has 1 amide bonds. The van der Waals surface area contributed by atoms with Crippen LogP contribution in [-0.4, -0.2) is 38.6 Å². The Morgan fingerprint density at radius 1 is 1.07 bits per heavy atom. The minimum Gasteiger partial charge on any atom is -0.339 e. The summed E-state index contributed by atoms with van der Waals surface area (Å²) < 4.78 is 28.4. The summed E-state index contributed by atoms with van der Waals surface area (Å²) in [5.74, 6) is -0.105. The number of rotatable bonds is 5. The number of halogens is 1. The molecule has 1 saturated heterocycles. The lowest BCUT2D eigenvalue weighted by molar-refractivity contribution is 0.0758. The van der Waals surface area contributed by atoms with Gasteiger partial charge in [-0.15, -0.1) is 11.8 Å². The number of nitrogens with zero attached hydrogens (tertiary/aromatic N) is 1. The first-order valence-electron chi connectivity index (χ1n) is 9.58. The highest BCUT2D eigenvalue weighted by Gasteiger charge is 2.23. The molecular formula is C21H25ClN2O3S2. The smallest absolute Gasteiger partial charge is 0.261 e. The summed E-state index contributed by atoms with van der Waals surface area (Å²) >= 11 is 7.55. The van der Waals surface area contributed by atoms with Crippen molar-refractivity contribution in [3.8, 4) is 0 Å². The van der Waals surface area contributed by atoms with Crippen LogP contribution in [0.4, 0.5) is 5.69 Å². The van der Waals surface area contributed by atoms with Crippen molar-refractivity contribution in [2.75, 3.05) is 24.1 Å². The molecule has 0 bridgehead atoms. The molecule has 156 valence electrons. The van der Waals surface area contributed by atoms with E-state index < -0.39 is 10.0 Å². The number of anilines is 1. The van der Waals surface area contributed by atoms with Crippen LogP contribution in [0.3, 0.4) is 0 Å². The largest absolute Gasteiger partial charge is 0.339 e. The minimum absolute atomic E-state index is 0.0603. The second kappa shape index (κ2) is 9.41. The second-order valence-electron chi connectivity index (χ2n) is 7.14. The van der Waals surface area contributed by atoms with Gasteiger partial charge in [-0.1, -0.05) is 30.5 Å². The van der Waals surface area contributed by atoms with Gasteiger partial charge in [0.1, 0.15) is 0 Å². The van der Waals surface area contributed by atoms with Gasteiger partial charge in [0.25, 0.3) is 15.9 Å². The molecular weight excluding hydrogens is 428 g/mol. The van der Waals surface area contributed by atoms with Crippen LogP contribution >= 0.6 is 23.4 Å². The van der Waals surface area contributed by atoms with Gasteiger partial charge < -0.3 is 4.90 Å². The average molecular weight is 453 g/mol. The molecule has 1 heterocycles. The van der Waals surface area contributed by atoms with Crippen LogP contribution in [0.5, 0.6) is 0 Å². The third kappa shape index (κ3) is 5.27. The fourth-order valence-corrected chi connectivity index (χ4v) is 5.16. The molecule has 0 aromatic heterocycles. The van der Waals surface area contributed by atoms with Gasteiger partial charge >= 0.3 is 0 Å². The number of hydrogen-bond donors (Lipinski definition) is 1. The fraction of sp³-hybridized carbons (Fsp3) is 0.381. The Labute approximate surface area is 181 Å². The number of benzene rings is 2. The molecule has 0 saturated carbocycles. The van der Waals surface area contributed by atoms with Crippen molar-refractivity contribution < 1.29 is 13.2 Å². The summed E-state index contributed by atoms with van der Waals surface area (Å²) in [5.41, 5.74) is 1.68. The van der Waals surface area contributed by atoms with Gasteiger partial charge in [0.2, 0.25) is 0 Å². The van der Waals surface area contributed by atoms with E-state index in [1.165, 1.54) is 23.9 Å². The highest BCUT2D eigenvalue weighted by atomic mass is 35.5. The first-order valence-corrected chi connectivity index (χ1v) is 12.7. The van der Waals surface area contributed by atoms with Crippen LogP contribution in [0.15, 0.2) is 46.2 Å². The van der Waals surface area contributed by atoms with Crippen molar-refractivity contribution in [1.29, 1.82) is 0 Å². The molecule has 2 aromatic carbocycles. The molecule has 1 aliphatic rings. The first kappa shape index (κ1) is 22.0. The molecule has 2 aromatic rings. The Hall–Kier alpha value is -1.70. The highest BCUT2D eigenvalue weighted by molar-refractivity contribution is 7.98. The predicted molar refractivity (Wildman–Crippen MR) is 120 cm³/mol.